The van der Waals surface area contributed by atoms with Crippen LogP contribution in [0.3, 0.4) is 0 Å². The number of nitrogens with one attached hydrogen (secondary N) is 1. The van der Waals surface area contributed by atoms with Crippen molar-refractivity contribution in [2.75, 3.05) is 33.4 Å². The molecule has 1 heterocycles. The van der Waals surface area contributed by atoms with Gasteiger partial charge in [-0.05, 0) is 37.8 Å². The third-order valence-electron chi connectivity index (χ3n) is 3.92. The second-order valence-electron chi connectivity index (χ2n) is 5.36. The van der Waals surface area contributed by atoms with Crippen LogP contribution in [0.15, 0.2) is 22.8 Å². The maximum absolute atomic E-state index is 5.31. The molecular weight excluding hydrogens is 240 g/mol. The van der Waals surface area contributed by atoms with E-state index < -0.39 is 0 Å². The molecule has 4 heteroatoms. The van der Waals surface area contributed by atoms with E-state index in [0.29, 0.717) is 6.04 Å². The van der Waals surface area contributed by atoms with Gasteiger partial charge in [0.1, 0.15) is 5.76 Å². The Morgan fingerprint density at radius 1 is 1.47 bits per heavy atom. The summed E-state index contributed by atoms with van der Waals surface area (Å²) >= 11 is 0. The summed E-state index contributed by atoms with van der Waals surface area (Å²) in [5.74, 6) is 1.90. The zero-order chi connectivity index (χ0) is 13.5. The Kier molecular flexibility index (Phi) is 5.89. The van der Waals surface area contributed by atoms with E-state index in [0.717, 1.165) is 44.5 Å². The fraction of sp³-hybridized carbons (Fsp3) is 0.733. The van der Waals surface area contributed by atoms with Crippen LogP contribution < -0.4 is 5.32 Å². The number of ether oxygens (including phenoxy) is 1. The minimum absolute atomic E-state index is 0.681. The van der Waals surface area contributed by atoms with E-state index >= 15 is 0 Å². The predicted molar refractivity (Wildman–Crippen MR) is 76.0 cm³/mol. The Labute approximate surface area is 116 Å². The van der Waals surface area contributed by atoms with Gasteiger partial charge in [0.15, 0.2) is 0 Å². The molecule has 1 aliphatic rings. The average molecular weight is 266 g/mol. The highest BCUT2D eigenvalue weighted by Crippen LogP contribution is 2.34. The van der Waals surface area contributed by atoms with Crippen molar-refractivity contribution in [2.45, 2.75) is 32.4 Å². The van der Waals surface area contributed by atoms with Crippen LogP contribution in [0.1, 0.15) is 25.5 Å². The standard InChI is InChI=1S/C15H26N2O2/c1-13(14-5-6-14)17(9-11-18-2)8-7-16-12-15-4-3-10-19-15/h3-4,10,13-14,16H,5-9,11-12H2,1-2H3. The van der Waals surface area contributed by atoms with E-state index in [-0.39, 0.29) is 0 Å². The van der Waals surface area contributed by atoms with Crippen LogP contribution in [0.4, 0.5) is 0 Å². The second-order valence-corrected chi connectivity index (χ2v) is 5.36. The summed E-state index contributed by atoms with van der Waals surface area (Å²) in [4.78, 5) is 2.54. The molecule has 1 atom stereocenters. The summed E-state index contributed by atoms with van der Waals surface area (Å²) < 4.78 is 10.5. The van der Waals surface area contributed by atoms with Crippen LogP contribution in [0.25, 0.3) is 0 Å². The second kappa shape index (κ2) is 7.68. The topological polar surface area (TPSA) is 37.6 Å². The highest BCUT2D eigenvalue weighted by molar-refractivity contribution is 4.97. The predicted octanol–water partition coefficient (Wildman–Crippen LogP) is 2.12. The first-order chi connectivity index (χ1) is 9.31. The van der Waals surface area contributed by atoms with Crippen molar-refractivity contribution in [3.05, 3.63) is 24.2 Å². The van der Waals surface area contributed by atoms with Gasteiger partial charge in [-0.15, -0.1) is 0 Å². The lowest BCUT2D eigenvalue weighted by Crippen LogP contribution is -2.41. The fourth-order valence-corrected chi connectivity index (χ4v) is 2.45. The molecule has 0 spiro atoms. The maximum Gasteiger partial charge on any atom is 0.117 e. The molecular formula is C15H26N2O2. The SMILES string of the molecule is COCCN(CCNCc1ccco1)C(C)C1CC1. The van der Waals surface area contributed by atoms with Crippen molar-refractivity contribution in [1.82, 2.24) is 10.2 Å². The van der Waals surface area contributed by atoms with Crippen LogP contribution in [0.5, 0.6) is 0 Å². The van der Waals surface area contributed by atoms with E-state index in [2.05, 4.69) is 17.1 Å². The molecule has 4 nitrogen and oxygen atoms in total. The third kappa shape index (κ3) is 4.97. The Bertz CT molecular complexity index is 336. The third-order valence-corrected chi connectivity index (χ3v) is 3.92. The van der Waals surface area contributed by atoms with Crippen LogP contribution >= 0.6 is 0 Å². The van der Waals surface area contributed by atoms with Crippen molar-refractivity contribution in [3.63, 3.8) is 0 Å². The first-order valence-electron chi connectivity index (χ1n) is 7.27. The molecule has 2 rings (SSSR count). The molecule has 1 aromatic rings. The van der Waals surface area contributed by atoms with E-state index in [1.807, 2.05) is 12.1 Å². The molecule has 1 aliphatic carbocycles. The maximum atomic E-state index is 5.31. The summed E-state index contributed by atoms with van der Waals surface area (Å²) in [5.41, 5.74) is 0. The molecule has 0 bridgehead atoms. The van der Waals surface area contributed by atoms with Gasteiger partial charge in [0, 0.05) is 32.8 Å². The summed E-state index contributed by atoms with van der Waals surface area (Å²) in [6.07, 6.45) is 4.51. The quantitative estimate of drug-likeness (QED) is 0.658. The summed E-state index contributed by atoms with van der Waals surface area (Å²) in [5, 5.41) is 3.43. The Morgan fingerprint density at radius 3 is 2.95 bits per heavy atom. The van der Waals surface area contributed by atoms with Crippen molar-refractivity contribution in [2.24, 2.45) is 5.92 Å². The number of furan rings is 1. The van der Waals surface area contributed by atoms with Crippen molar-refractivity contribution in [1.29, 1.82) is 0 Å². The number of nitrogens with zero attached hydrogens (tertiary/aromatic N) is 1. The molecule has 0 amide bonds. The van der Waals surface area contributed by atoms with Gasteiger partial charge >= 0.3 is 0 Å². The Balaban J connectivity index is 1.66. The molecule has 1 aromatic heterocycles. The Morgan fingerprint density at radius 2 is 2.32 bits per heavy atom. The van der Waals surface area contributed by atoms with E-state index in [9.17, 15) is 0 Å². The molecule has 1 unspecified atom stereocenters. The summed E-state index contributed by atoms with van der Waals surface area (Å²) in [6.45, 7) is 7.05. The van der Waals surface area contributed by atoms with Gasteiger partial charge in [0.25, 0.3) is 0 Å². The van der Waals surface area contributed by atoms with Gasteiger partial charge in [-0.25, -0.2) is 0 Å². The van der Waals surface area contributed by atoms with Gasteiger partial charge in [0.2, 0.25) is 0 Å². The van der Waals surface area contributed by atoms with Crippen LogP contribution in [-0.4, -0.2) is 44.3 Å². The van der Waals surface area contributed by atoms with Crippen molar-refractivity contribution < 1.29 is 9.15 Å². The van der Waals surface area contributed by atoms with Gasteiger partial charge < -0.3 is 14.5 Å². The normalized spacial score (nSPS) is 17.0. The fourth-order valence-electron chi connectivity index (χ4n) is 2.45. The molecule has 1 fully saturated rings. The zero-order valence-corrected chi connectivity index (χ0v) is 12.1. The van der Waals surface area contributed by atoms with Crippen LogP contribution in [-0.2, 0) is 11.3 Å². The summed E-state index contributed by atoms with van der Waals surface area (Å²) in [6, 6.07) is 4.61. The first kappa shape index (κ1) is 14.6. The van der Waals surface area contributed by atoms with Gasteiger partial charge in [-0.2, -0.15) is 0 Å². The first-order valence-corrected chi connectivity index (χ1v) is 7.27. The highest BCUT2D eigenvalue weighted by Gasteiger charge is 2.31. The van der Waals surface area contributed by atoms with E-state index in [1.165, 1.54) is 12.8 Å². The molecule has 0 aliphatic heterocycles. The minimum atomic E-state index is 0.681. The lowest BCUT2D eigenvalue weighted by atomic mass is 10.2. The molecule has 19 heavy (non-hydrogen) atoms. The highest BCUT2D eigenvalue weighted by atomic mass is 16.5. The molecule has 0 aromatic carbocycles. The lowest BCUT2D eigenvalue weighted by Gasteiger charge is -2.29. The lowest BCUT2D eigenvalue weighted by molar-refractivity contribution is 0.117. The van der Waals surface area contributed by atoms with E-state index in [4.69, 9.17) is 9.15 Å². The zero-order valence-electron chi connectivity index (χ0n) is 12.1. The van der Waals surface area contributed by atoms with Crippen molar-refractivity contribution in [3.8, 4) is 0 Å². The summed E-state index contributed by atoms with van der Waals surface area (Å²) in [7, 11) is 1.77. The smallest absolute Gasteiger partial charge is 0.117 e. The minimum Gasteiger partial charge on any atom is -0.468 e. The number of hydrogen-bond acceptors (Lipinski definition) is 4. The van der Waals surface area contributed by atoms with Gasteiger partial charge in [-0.3, -0.25) is 4.90 Å². The number of methoxy groups -OCH3 is 1. The Hall–Kier alpha value is -0.840. The molecule has 0 saturated heterocycles. The van der Waals surface area contributed by atoms with Crippen LogP contribution in [0.2, 0.25) is 0 Å². The molecule has 1 saturated carbocycles. The molecule has 1 N–H and O–H groups in total. The molecule has 108 valence electrons. The largest absolute Gasteiger partial charge is 0.468 e. The number of hydrogen-bond donors (Lipinski definition) is 1. The van der Waals surface area contributed by atoms with Crippen LogP contribution in [0, 0.1) is 5.92 Å². The van der Waals surface area contributed by atoms with Gasteiger partial charge in [-0.1, -0.05) is 0 Å². The molecule has 0 radical (unpaired) electrons. The van der Waals surface area contributed by atoms with E-state index in [1.54, 1.807) is 13.4 Å². The monoisotopic (exact) mass is 266 g/mol. The van der Waals surface area contributed by atoms with Gasteiger partial charge in [0.05, 0.1) is 19.4 Å². The average Bonchev–Trinajstić information content (AvgIpc) is 3.15. The van der Waals surface area contributed by atoms with Crippen molar-refractivity contribution >= 4 is 0 Å². The number of rotatable bonds is 10.